The van der Waals surface area contributed by atoms with Crippen LogP contribution in [0.2, 0.25) is 0 Å². The molecule has 1 amide bonds. The van der Waals surface area contributed by atoms with Gasteiger partial charge in [0.05, 0.1) is 22.8 Å². The normalized spacial score (nSPS) is 11.7. The highest BCUT2D eigenvalue weighted by Crippen LogP contribution is 2.37. The van der Waals surface area contributed by atoms with Gasteiger partial charge in [0, 0.05) is 18.0 Å². The van der Waals surface area contributed by atoms with Gasteiger partial charge in [-0.25, -0.2) is 22.5 Å². The molecule has 3 rings (SSSR count). The molecular weight excluding hydrogens is 495 g/mol. The first-order valence-corrected chi connectivity index (χ1v) is 12.0. The molecule has 1 heterocycles. The smallest absolute Gasteiger partial charge is 0.416 e. The standard InChI is InChI=1S/C21H18F3N3O5S2/c1-3-32-19(29)18-12-33-20(26-18)27(16-8-4-14(5-9-16)21(22,23)24)34(30,31)17-10-6-15(7-11-17)25-13(2)28/h4-12H,3H2,1-2H3,(H,25,28). The molecule has 1 aromatic heterocycles. The van der Waals surface area contributed by atoms with E-state index in [-0.39, 0.29) is 33.9 Å². The fraction of sp³-hybridized carbons (Fsp3) is 0.190. The third-order valence-electron chi connectivity index (χ3n) is 4.29. The summed E-state index contributed by atoms with van der Waals surface area (Å²) in [5.41, 5.74) is -0.871. The van der Waals surface area contributed by atoms with Crippen molar-refractivity contribution in [2.24, 2.45) is 0 Å². The first-order chi connectivity index (χ1) is 15.9. The average Bonchev–Trinajstić information content (AvgIpc) is 3.23. The summed E-state index contributed by atoms with van der Waals surface area (Å²) in [4.78, 5) is 27.0. The summed E-state index contributed by atoms with van der Waals surface area (Å²) in [6, 6.07) is 8.69. The molecule has 2 aromatic carbocycles. The van der Waals surface area contributed by atoms with E-state index in [0.717, 1.165) is 39.9 Å². The maximum absolute atomic E-state index is 13.5. The van der Waals surface area contributed by atoms with Crippen molar-refractivity contribution < 1.29 is 35.9 Å². The van der Waals surface area contributed by atoms with E-state index in [4.69, 9.17) is 4.74 Å². The minimum atomic E-state index is -4.61. The molecule has 3 aromatic rings. The van der Waals surface area contributed by atoms with Crippen molar-refractivity contribution in [1.82, 2.24) is 4.98 Å². The van der Waals surface area contributed by atoms with Crippen molar-refractivity contribution in [1.29, 1.82) is 0 Å². The highest BCUT2D eigenvalue weighted by Gasteiger charge is 2.33. The Morgan fingerprint density at radius 1 is 1.09 bits per heavy atom. The highest BCUT2D eigenvalue weighted by atomic mass is 32.2. The number of rotatable bonds is 7. The van der Waals surface area contributed by atoms with Crippen molar-refractivity contribution in [2.45, 2.75) is 24.9 Å². The number of halogens is 3. The number of ether oxygens (including phenoxy) is 1. The SMILES string of the molecule is CCOC(=O)c1csc(N(c2ccc(C(F)(F)F)cc2)S(=O)(=O)c2ccc(NC(C)=O)cc2)n1. The van der Waals surface area contributed by atoms with Gasteiger partial charge >= 0.3 is 12.1 Å². The number of esters is 1. The van der Waals surface area contributed by atoms with E-state index < -0.39 is 27.7 Å². The van der Waals surface area contributed by atoms with Gasteiger partial charge in [0.25, 0.3) is 10.0 Å². The van der Waals surface area contributed by atoms with E-state index in [1.807, 2.05) is 0 Å². The van der Waals surface area contributed by atoms with E-state index in [1.54, 1.807) is 6.92 Å². The Balaban J connectivity index is 2.09. The Bertz CT molecular complexity index is 1290. The molecule has 0 saturated carbocycles. The van der Waals surface area contributed by atoms with E-state index in [1.165, 1.54) is 36.6 Å². The second kappa shape index (κ2) is 9.81. The molecule has 180 valence electrons. The summed E-state index contributed by atoms with van der Waals surface area (Å²) in [6.45, 7) is 2.96. The minimum absolute atomic E-state index is 0.0766. The van der Waals surface area contributed by atoms with Gasteiger partial charge in [-0.1, -0.05) is 0 Å². The molecule has 0 fully saturated rings. The number of aromatic nitrogens is 1. The molecule has 0 radical (unpaired) electrons. The Morgan fingerprint density at radius 2 is 1.71 bits per heavy atom. The first-order valence-electron chi connectivity index (χ1n) is 9.66. The number of carbonyl (C=O) groups is 2. The van der Waals surface area contributed by atoms with Crippen molar-refractivity contribution in [3.63, 3.8) is 0 Å². The number of anilines is 3. The number of carbonyl (C=O) groups excluding carboxylic acids is 2. The Hall–Kier alpha value is -3.45. The fourth-order valence-corrected chi connectivity index (χ4v) is 5.29. The fourth-order valence-electron chi connectivity index (χ4n) is 2.81. The lowest BCUT2D eigenvalue weighted by Gasteiger charge is -2.22. The van der Waals surface area contributed by atoms with Crippen LogP contribution < -0.4 is 9.62 Å². The largest absolute Gasteiger partial charge is 0.461 e. The molecule has 34 heavy (non-hydrogen) atoms. The number of benzene rings is 2. The topological polar surface area (TPSA) is 106 Å². The third kappa shape index (κ3) is 5.54. The molecule has 8 nitrogen and oxygen atoms in total. The van der Waals surface area contributed by atoms with Crippen molar-refractivity contribution in [2.75, 3.05) is 16.2 Å². The molecule has 0 unspecified atom stereocenters. The molecule has 0 aliphatic heterocycles. The van der Waals surface area contributed by atoms with Gasteiger partial charge in [0.15, 0.2) is 5.69 Å². The van der Waals surface area contributed by atoms with Crippen LogP contribution in [-0.2, 0) is 25.7 Å². The monoisotopic (exact) mass is 513 g/mol. The van der Waals surface area contributed by atoms with Crippen LogP contribution in [0.3, 0.4) is 0 Å². The minimum Gasteiger partial charge on any atom is -0.461 e. The quantitative estimate of drug-likeness (QED) is 0.454. The van der Waals surface area contributed by atoms with E-state index in [9.17, 15) is 31.2 Å². The van der Waals surface area contributed by atoms with Crippen LogP contribution in [0, 0.1) is 0 Å². The van der Waals surface area contributed by atoms with Crippen molar-refractivity contribution in [3.05, 3.63) is 65.2 Å². The zero-order valence-corrected chi connectivity index (χ0v) is 19.4. The Morgan fingerprint density at radius 3 is 2.24 bits per heavy atom. The maximum Gasteiger partial charge on any atom is 0.416 e. The molecule has 0 aliphatic rings. The second-order valence-corrected chi connectivity index (χ2v) is 9.38. The third-order valence-corrected chi connectivity index (χ3v) is 6.97. The van der Waals surface area contributed by atoms with Crippen LogP contribution in [0.5, 0.6) is 0 Å². The number of amides is 1. The maximum atomic E-state index is 13.5. The molecule has 0 spiro atoms. The van der Waals surface area contributed by atoms with E-state index >= 15 is 0 Å². The van der Waals surface area contributed by atoms with E-state index in [2.05, 4.69) is 10.3 Å². The number of nitrogens with one attached hydrogen (secondary N) is 1. The lowest BCUT2D eigenvalue weighted by atomic mass is 10.2. The molecule has 0 aliphatic carbocycles. The number of hydrogen-bond donors (Lipinski definition) is 1. The summed E-state index contributed by atoms with van der Waals surface area (Å²) >= 11 is 0.805. The second-order valence-electron chi connectivity index (χ2n) is 6.76. The summed E-state index contributed by atoms with van der Waals surface area (Å²) in [5, 5.41) is 3.63. The van der Waals surface area contributed by atoms with Crippen LogP contribution in [0.25, 0.3) is 0 Å². The number of hydrogen-bond acceptors (Lipinski definition) is 7. The van der Waals surface area contributed by atoms with Gasteiger partial charge in [-0.05, 0) is 55.5 Å². The van der Waals surface area contributed by atoms with Crippen molar-refractivity contribution >= 4 is 49.7 Å². The Labute approximate surface area is 197 Å². The summed E-state index contributed by atoms with van der Waals surface area (Å²) < 4.78 is 71.7. The molecule has 0 bridgehead atoms. The molecular formula is C21H18F3N3O5S2. The van der Waals surface area contributed by atoms with Gasteiger partial charge in [-0.2, -0.15) is 13.2 Å². The zero-order valence-electron chi connectivity index (χ0n) is 17.8. The zero-order chi connectivity index (χ0) is 25.1. The number of sulfonamides is 1. The van der Waals surface area contributed by atoms with Crippen LogP contribution in [0.15, 0.2) is 58.8 Å². The van der Waals surface area contributed by atoms with Crippen molar-refractivity contribution in [3.8, 4) is 0 Å². The average molecular weight is 514 g/mol. The summed E-state index contributed by atoms with van der Waals surface area (Å²) in [6.07, 6.45) is -4.61. The number of nitrogens with zero attached hydrogens (tertiary/aromatic N) is 2. The van der Waals surface area contributed by atoms with Crippen LogP contribution in [0.4, 0.5) is 29.7 Å². The molecule has 0 saturated heterocycles. The van der Waals surface area contributed by atoms with Crippen LogP contribution >= 0.6 is 11.3 Å². The molecule has 13 heteroatoms. The van der Waals surface area contributed by atoms with Gasteiger partial charge in [-0.15, -0.1) is 11.3 Å². The van der Waals surface area contributed by atoms with Gasteiger partial charge in [0.1, 0.15) is 0 Å². The number of thiazole rings is 1. The van der Waals surface area contributed by atoms with Gasteiger partial charge in [0.2, 0.25) is 11.0 Å². The lowest BCUT2D eigenvalue weighted by molar-refractivity contribution is -0.137. The number of alkyl halides is 3. The molecule has 1 N–H and O–H groups in total. The molecule has 0 atom stereocenters. The lowest BCUT2D eigenvalue weighted by Crippen LogP contribution is -2.26. The highest BCUT2D eigenvalue weighted by molar-refractivity contribution is 7.93. The van der Waals surface area contributed by atoms with Gasteiger partial charge in [-0.3, -0.25) is 4.79 Å². The first kappa shape index (κ1) is 25.2. The van der Waals surface area contributed by atoms with Crippen LogP contribution in [-0.4, -0.2) is 31.9 Å². The van der Waals surface area contributed by atoms with E-state index in [0.29, 0.717) is 5.69 Å². The predicted molar refractivity (Wildman–Crippen MR) is 120 cm³/mol. The van der Waals surface area contributed by atoms with Gasteiger partial charge < -0.3 is 10.1 Å². The predicted octanol–water partition coefficient (Wildman–Crippen LogP) is 4.82. The van der Waals surface area contributed by atoms with Crippen LogP contribution in [0.1, 0.15) is 29.9 Å². The summed E-state index contributed by atoms with van der Waals surface area (Å²) in [5.74, 6) is -1.12. The Kier molecular flexibility index (Phi) is 7.26. The summed E-state index contributed by atoms with van der Waals surface area (Å²) in [7, 11) is -4.39.